The number of fused-ring (bicyclic) bond motifs is 1. The first-order chi connectivity index (χ1) is 10.2. The van der Waals surface area contributed by atoms with Gasteiger partial charge in [0.15, 0.2) is 5.65 Å². The van der Waals surface area contributed by atoms with E-state index in [1.807, 2.05) is 13.1 Å². The zero-order chi connectivity index (χ0) is 14.0. The van der Waals surface area contributed by atoms with Gasteiger partial charge in [0.2, 0.25) is 0 Å². The van der Waals surface area contributed by atoms with Crippen molar-refractivity contribution in [2.45, 2.75) is 43.9 Å². The molecule has 0 radical (unpaired) electrons. The molecule has 0 aromatic carbocycles. The zero-order valence-electron chi connectivity index (χ0n) is 12.5. The number of hydrogen-bond donors (Lipinski definition) is 2. The number of aromatic nitrogens is 3. The zero-order valence-corrected chi connectivity index (χ0v) is 12.5. The average molecular weight is 282 g/mol. The van der Waals surface area contributed by atoms with E-state index in [-0.39, 0.29) is 0 Å². The van der Waals surface area contributed by atoms with E-state index in [1.54, 1.807) is 0 Å². The Balaban J connectivity index is 1.60. The first-order valence-electron chi connectivity index (χ1n) is 8.29. The summed E-state index contributed by atoms with van der Waals surface area (Å²) in [6.45, 7) is 0. The van der Waals surface area contributed by atoms with Crippen LogP contribution in [0.2, 0.25) is 0 Å². The molecule has 4 nitrogen and oxygen atoms in total. The highest BCUT2D eigenvalue weighted by atomic mass is 15.1. The molecule has 0 spiro atoms. The first kappa shape index (κ1) is 12.0. The lowest BCUT2D eigenvalue weighted by Gasteiger charge is -2.55. The summed E-state index contributed by atoms with van der Waals surface area (Å²) < 4.78 is 0. The second-order valence-electron chi connectivity index (χ2n) is 7.60. The van der Waals surface area contributed by atoms with E-state index in [1.165, 1.54) is 44.3 Å². The van der Waals surface area contributed by atoms with Crippen LogP contribution in [0.25, 0.3) is 11.2 Å². The predicted molar refractivity (Wildman–Crippen MR) is 83.3 cm³/mol. The minimum atomic E-state index is 0.329. The molecule has 4 aliphatic carbocycles. The van der Waals surface area contributed by atoms with Crippen LogP contribution in [-0.4, -0.2) is 22.0 Å². The Hall–Kier alpha value is -1.58. The van der Waals surface area contributed by atoms with Gasteiger partial charge in [0.25, 0.3) is 0 Å². The lowest BCUT2D eigenvalue weighted by Crippen LogP contribution is -2.49. The molecule has 0 saturated heterocycles. The number of aromatic amines is 1. The molecule has 4 bridgehead atoms. The molecule has 4 saturated carbocycles. The fraction of sp³-hybridized carbons (Fsp3) is 0.647. The van der Waals surface area contributed by atoms with Crippen LogP contribution in [-0.2, 0) is 5.41 Å². The molecule has 4 heteroatoms. The van der Waals surface area contributed by atoms with Crippen LogP contribution in [0, 0.1) is 17.8 Å². The summed E-state index contributed by atoms with van der Waals surface area (Å²) in [5.41, 5.74) is 2.28. The Morgan fingerprint density at radius 3 is 2.33 bits per heavy atom. The number of anilines is 1. The summed E-state index contributed by atoms with van der Waals surface area (Å²) in [6.07, 6.45) is 8.46. The summed E-state index contributed by atoms with van der Waals surface area (Å²) in [4.78, 5) is 13.1. The van der Waals surface area contributed by atoms with Crippen LogP contribution in [0.4, 0.5) is 5.82 Å². The van der Waals surface area contributed by atoms with Gasteiger partial charge in [-0.25, -0.2) is 9.97 Å². The number of nitrogens with one attached hydrogen (secondary N) is 2. The molecule has 2 aromatic heterocycles. The number of pyridine rings is 1. The topological polar surface area (TPSA) is 53.6 Å². The van der Waals surface area contributed by atoms with Crippen LogP contribution in [0.1, 0.15) is 44.3 Å². The van der Waals surface area contributed by atoms with E-state index < -0.39 is 0 Å². The molecule has 21 heavy (non-hydrogen) atoms. The summed E-state index contributed by atoms with van der Waals surface area (Å²) in [5.74, 6) is 4.96. The van der Waals surface area contributed by atoms with E-state index >= 15 is 0 Å². The second kappa shape index (κ2) is 3.99. The number of rotatable bonds is 2. The third kappa shape index (κ3) is 1.68. The van der Waals surface area contributed by atoms with Crippen molar-refractivity contribution in [1.82, 2.24) is 15.0 Å². The number of imidazole rings is 1. The van der Waals surface area contributed by atoms with Crippen molar-refractivity contribution in [1.29, 1.82) is 0 Å². The van der Waals surface area contributed by atoms with Gasteiger partial charge in [-0.1, -0.05) is 0 Å². The molecule has 0 aliphatic heterocycles. The van der Waals surface area contributed by atoms with Gasteiger partial charge in [-0.05, 0) is 68.4 Å². The minimum Gasteiger partial charge on any atom is -0.373 e. The highest BCUT2D eigenvalue weighted by Gasteiger charge is 2.53. The van der Waals surface area contributed by atoms with Gasteiger partial charge in [-0.3, -0.25) is 0 Å². The largest absolute Gasteiger partial charge is 0.373 e. The van der Waals surface area contributed by atoms with Crippen LogP contribution < -0.4 is 5.32 Å². The van der Waals surface area contributed by atoms with E-state index in [0.717, 1.165) is 34.7 Å². The Kier molecular flexibility index (Phi) is 2.28. The Morgan fingerprint density at radius 1 is 1.05 bits per heavy atom. The van der Waals surface area contributed by atoms with Crippen molar-refractivity contribution in [3.8, 4) is 0 Å². The fourth-order valence-electron chi connectivity index (χ4n) is 5.68. The maximum absolute atomic E-state index is 4.90. The highest BCUT2D eigenvalue weighted by molar-refractivity contribution is 5.73. The van der Waals surface area contributed by atoms with E-state index in [9.17, 15) is 0 Å². The third-order valence-electron chi connectivity index (χ3n) is 6.14. The first-order valence-corrected chi connectivity index (χ1v) is 8.29. The van der Waals surface area contributed by atoms with Gasteiger partial charge >= 0.3 is 0 Å². The second-order valence-corrected chi connectivity index (χ2v) is 7.60. The molecule has 0 unspecified atom stereocenters. The van der Waals surface area contributed by atoms with Crippen LogP contribution in [0.5, 0.6) is 0 Å². The minimum absolute atomic E-state index is 0.329. The van der Waals surface area contributed by atoms with Crippen molar-refractivity contribution in [2.75, 3.05) is 12.4 Å². The molecule has 0 atom stereocenters. The molecule has 6 rings (SSSR count). The molecule has 4 fully saturated rings. The van der Waals surface area contributed by atoms with Gasteiger partial charge < -0.3 is 10.3 Å². The number of H-pyrrole nitrogens is 1. The Labute approximate surface area is 124 Å². The summed E-state index contributed by atoms with van der Waals surface area (Å²) in [7, 11) is 1.90. The average Bonchev–Trinajstić information content (AvgIpc) is 2.89. The lowest BCUT2D eigenvalue weighted by molar-refractivity contribution is -0.00887. The molecule has 0 amide bonds. The lowest BCUT2D eigenvalue weighted by atomic mass is 9.49. The van der Waals surface area contributed by atoms with Gasteiger partial charge in [-0.15, -0.1) is 0 Å². The maximum Gasteiger partial charge on any atom is 0.179 e. The van der Waals surface area contributed by atoms with Gasteiger partial charge in [0.05, 0.1) is 5.52 Å². The van der Waals surface area contributed by atoms with Crippen molar-refractivity contribution in [2.24, 2.45) is 17.8 Å². The Morgan fingerprint density at radius 2 is 1.71 bits per heavy atom. The van der Waals surface area contributed by atoms with Crippen molar-refractivity contribution < 1.29 is 0 Å². The van der Waals surface area contributed by atoms with Gasteiger partial charge in [0.1, 0.15) is 11.6 Å². The number of hydrogen-bond acceptors (Lipinski definition) is 3. The molecular weight excluding hydrogens is 260 g/mol. The molecular formula is C17H22N4. The van der Waals surface area contributed by atoms with Crippen LogP contribution >= 0.6 is 0 Å². The SMILES string of the molecule is CNc1ccc2[nH]c(C34CC5CC(CC(C5)C3)C4)nc2n1. The molecule has 2 N–H and O–H groups in total. The normalized spacial score (nSPS) is 37.3. The van der Waals surface area contributed by atoms with E-state index in [0.29, 0.717) is 5.41 Å². The molecule has 4 aliphatic rings. The summed E-state index contributed by atoms with van der Waals surface area (Å²) in [5, 5.41) is 3.10. The Bertz CT molecular complexity index is 667. The van der Waals surface area contributed by atoms with Crippen LogP contribution in [0.3, 0.4) is 0 Å². The van der Waals surface area contributed by atoms with E-state index in [2.05, 4.69) is 21.4 Å². The van der Waals surface area contributed by atoms with Crippen molar-refractivity contribution >= 4 is 17.0 Å². The highest BCUT2D eigenvalue weighted by Crippen LogP contribution is 2.60. The fourth-order valence-corrected chi connectivity index (χ4v) is 5.68. The third-order valence-corrected chi connectivity index (χ3v) is 6.14. The standard InChI is InChI=1S/C17H22N4/c1-18-14-3-2-13-15(20-14)21-16(19-13)17-7-10-4-11(8-17)6-12(5-10)9-17/h2-3,10-12H,4-9H2,1H3,(H2,18,19,20,21). The monoisotopic (exact) mass is 282 g/mol. The van der Waals surface area contributed by atoms with Crippen molar-refractivity contribution in [3.63, 3.8) is 0 Å². The molecule has 110 valence electrons. The van der Waals surface area contributed by atoms with Gasteiger partial charge in [0, 0.05) is 12.5 Å². The van der Waals surface area contributed by atoms with Gasteiger partial charge in [-0.2, -0.15) is 0 Å². The maximum atomic E-state index is 4.90. The van der Waals surface area contributed by atoms with Crippen LogP contribution in [0.15, 0.2) is 12.1 Å². The summed E-state index contributed by atoms with van der Waals surface area (Å²) >= 11 is 0. The smallest absolute Gasteiger partial charge is 0.179 e. The number of nitrogens with zero attached hydrogens (tertiary/aromatic N) is 2. The molecule has 2 heterocycles. The predicted octanol–water partition coefficient (Wildman–Crippen LogP) is 3.47. The summed E-state index contributed by atoms with van der Waals surface area (Å²) in [6, 6.07) is 4.12. The quantitative estimate of drug-likeness (QED) is 0.887. The van der Waals surface area contributed by atoms with Crippen molar-refractivity contribution in [3.05, 3.63) is 18.0 Å². The molecule has 2 aromatic rings. The van der Waals surface area contributed by atoms with E-state index in [4.69, 9.17) is 4.98 Å².